The predicted molar refractivity (Wildman–Crippen MR) is 92.4 cm³/mol. The van der Waals surface area contributed by atoms with E-state index in [2.05, 4.69) is 5.18 Å². The van der Waals surface area contributed by atoms with Crippen LogP contribution in [0.3, 0.4) is 0 Å². The Morgan fingerprint density at radius 2 is 2.00 bits per heavy atom. The Morgan fingerprint density at radius 1 is 1.21 bits per heavy atom. The van der Waals surface area contributed by atoms with E-state index in [0.29, 0.717) is 36.0 Å². The van der Waals surface area contributed by atoms with Gasteiger partial charge in [0.05, 0.1) is 6.04 Å². The van der Waals surface area contributed by atoms with Crippen molar-refractivity contribution in [1.82, 2.24) is 4.90 Å². The van der Waals surface area contributed by atoms with E-state index < -0.39 is 0 Å². The third-order valence-electron chi connectivity index (χ3n) is 4.08. The van der Waals surface area contributed by atoms with Crippen molar-refractivity contribution in [2.45, 2.75) is 25.4 Å². The molecule has 0 unspecified atom stereocenters. The number of hydrogen-bond acceptors (Lipinski definition) is 4. The molecule has 0 saturated carbocycles. The number of hydrogen-bond donors (Lipinski definition) is 0. The molecule has 2 aromatic rings. The molecule has 0 aliphatic carbocycles. The van der Waals surface area contributed by atoms with Gasteiger partial charge in [0.15, 0.2) is 0 Å². The first kappa shape index (κ1) is 16.5. The quantitative estimate of drug-likeness (QED) is 0.734. The topological polar surface area (TPSA) is 59.0 Å². The van der Waals surface area contributed by atoms with E-state index in [1.54, 1.807) is 24.3 Å². The second-order valence-electron chi connectivity index (χ2n) is 5.74. The zero-order valence-corrected chi connectivity index (χ0v) is 13.8. The van der Waals surface area contributed by atoms with Crippen LogP contribution < -0.4 is 4.74 Å². The van der Waals surface area contributed by atoms with E-state index in [1.807, 2.05) is 29.2 Å². The van der Waals surface area contributed by atoms with Crippen LogP contribution in [0.5, 0.6) is 5.75 Å². The van der Waals surface area contributed by atoms with Gasteiger partial charge in [-0.25, -0.2) is 0 Å². The van der Waals surface area contributed by atoms with Crippen molar-refractivity contribution in [1.29, 1.82) is 0 Å². The van der Waals surface area contributed by atoms with Crippen LogP contribution in [-0.2, 0) is 11.3 Å². The lowest BCUT2D eigenvalue weighted by atomic mass is 10.2. The first-order valence-corrected chi connectivity index (χ1v) is 8.13. The van der Waals surface area contributed by atoms with Gasteiger partial charge in [0.2, 0.25) is 5.91 Å². The fourth-order valence-electron chi connectivity index (χ4n) is 2.81. The van der Waals surface area contributed by atoms with Gasteiger partial charge in [0, 0.05) is 18.0 Å². The fourth-order valence-corrected chi connectivity index (χ4v) is 3.02. The average molecular weight is 345 g/mol. The second kappa shape index (κ2) is 7.45. The summed E-state index contributed by atoms with van der Waals surface area (Å²) in [7, 11) is 0. The Kier molecular flexibility index (Phi) is 5.11. The van der Waals surface area contributed by atoms with Crippen molar-refractivity contribution in [3.05, 3.63) is 64.0 Å². The highest BCUT2D eigenvalue weighted by Gasteiger charge is 2.31. The zero-order valence-electron chi connectivity index (χ0n) is 13.0. The van der Waals surface area contributed by atoms with Crippen molar-refractivity contribution in [2.75, 3.05) is 6.61 Å². The van der Waals surface area contributed by atoms with Crippen molar-refractivity contribution >= 4 is 23.2 Å². The van der Waals surface area contributed by atoms with E-state index in [1.165, 1.54) is 0 Å². The monoisotopic (exact) mass is 344 g/mol. The van der Waals surface area contributed by atoms with E-state index >= 15 is 0 Å². The molecule has 1 fully saturated rings. The minimum absolute atomic E-state index is 0.0281. The van der Waals surface area contributed by atoms with Crippen LogP contribution in [0.2, 0.25) is 5.02 Å². The van der Waals surface area contributed by atoms with Gasteiger partial charge < -0.3 is 9.64 Å². The molecule has 1 aliphatic rings. The summed E-state index contributed by atoms with van der Waals surface area (Å²) in [5.41, 5.74) is 1.37. The molecule has 1 amide bonds. The Bertz CT molecular complexity index is 733. The maximum atomic E-state index is 12.2. The summed E-state index contributed by atoms with van der Waals surface area (Å²) in [6.45, 7) is 0.946. The van der Waals surface area contributed by atoms with Crippen LogP contribution in [0, 0.1) is 4.91 Å². The maximum absolute atomic E-state index is 12.2. The highest BCUT2D eigenvalue weighted by Crippen LogP contribution is 2.24. The minimum atomic E-state index is 0.0281. The Labute approximate surface area is 145 Å². The Balaban J connectivity index is 1.63. The Hall–Kier alpha value is -2.40. The van der Waals surface area contributed by atoms with Gasteiger partial charge in [-0.1, -0.05) is 23.7 Å². The first-order chi connectivity index (χ1) is 11.7. The summed E-state index contributed by atoms with van der Waals surface area (Å²) in [4.78, 5) is 24.4. The van der Waals surface area contributed by atoms with E-state index in [0.717, 1.165) is 12.0 Å². The molecule has 0 radical (unpaired) electrons. The van der Waals surface area contributed by atoms with E-state index in [4.69, 9.17) is 16.3 Å². The SMILES string of the molecule is O=Nc1ccc(OC[C@@H]2CCC(=O)N2Cc2cccc(Cl)c2)cc1. The molecule has 1 saturated heterocycles. The molecule has 0 N–H and O–H groups in total. The molecule has 2 aromatic carbocycles. The van der Waals surface area contributed by atoms with Crippen LogP contribution in [0.25, 0.3) is 0 Å². The van der Waals surface area contributed by atoms with Crippen LogP contribution in [0.4, 0.5) is 5.69 Å². The molecule has 5 nitrogen and oxygen atoms in total. The smallest absolute Gasteiger partial charge is 0.223 e. The van der Waals surface area contributed by atoms with Gasteiger partial charge in [-0.05, 0) is 53.6 Å². The number of carbonyl (C=O) groups excluding carboxylic acids is 1. The molecule has 0 bridgehead atoms. The molecule has 6 heteroatoms. The first-order valence-electron chi connectivity index (χ1n) is 7.76. The number of ether oxygens (including phenoxy) is 1. The number of rotatable bonds is 6. The summed E-state index contributed by atoms with van der Waals surface area (Å²) in [6.07, 6.45) is 1.30. The highest BCUT2D eigenvalue weighted by molar-refractivity contribution is 6.30. The molecular formula is C18H17ClN2O3. The minimum Gasteiger partial charge on any atom is -0.491 e. The molecule has 1 aliphatic heterocycles. The van der Waals surface area contributed by atoms with Gasteiger partial charge in [0.25, 0.3) is 0 Å². The molecule has 1 atom stereocenters. The summed E-state index contributed by atoms with van der Waals surface area (Å²) < 4.78 is 5.77. The third kappa shape index (κ3) is 3.92. The standard InChI is InChI=1S/C18H17ClN2O3/c19-14-3-1-2-13(10-14)11-21-16(6-9-18(21)22)12-24-17-7-4-15(20-23)5-8-17/h1-5,7-8,10,16H,6,9,11-12H2/t16-/m0/s1. The molecular weight excluding hydrogens is 328 g/mol. The number of nitrogens with zero attached hydrogens (tertiary/aromatic N) is 2. The van der Waals surface area contributed by atoms with Crippen LogP contribution >= 0.6 is 11.6 Å². The Morgan fingerprint density at radius 3 is 2.71 bits per heavy atom. The van der Waals surface area contributed by atoms with Gasteiger partial charge in [-0.15, -0.1) is 4.91 Å². The van der Waals surface area contributed by atoms with Gasteiger partial charge >= 0.3 is 0 Å². The fraction of sp³-hybridized carbons (Fsp3) is 0.278. The molecule has 0 spiro atoms. The molecule has 24 heavy (non-hydrogen) atoms. The van der Waals surface area contributed by atoms with Crippen LogP contribution in [-0.4, -0.2) is 23.5 Å². The van der Waals surface area contributed by atoms with Gasteiger partial charge in [0.1, 0.15) is 18.0 Å². The van der Waals surface area contributed by atoms with Crippen molar-refractivity contribution in [2.24, 2.45) is 5.18 Å². The predicted octanol–water partition coefficient (Wildman–Crippen LogP) is 4.31. The lowest BCUT2D eigenvalue weighted by Gasteiger charge is -2.25. The number of amides is 1. The normalized spacial score (nSPS) is 17.1. The number of nitroso groups, excluding NO2 is 1. The summed E-state index contributed by atoms with van der Waals surface area (Å²) in [5, 5.41) is 3.52. The summed E-state index contributed by atoms with van der Waals surface area (Å²) in [6, 6.07) is 14.2. The summed E-state index contributed by atoms with van der Waals surface area (Å²) in [5.74, 6) is 0.786. The zero-order chi connectivity index (χ0) is 16.9. The summed E-state index contributed by atoms with van der Waals surface area (Å²) >= 11 is 6.01. The van der Waals surface area contributed by atoms with Crippen LogP contribution in [0.1, 0.15) is 18.4 Å². The van der Waals surface area contributed by atoms with E-state index in [9.17, 15) is 9.70 Å². The third-order valence-corrected chi connectivity index (χ3v) is 4.31. The van der Waals surface area contributed by atoms with Crippen molar-refractivity contribution in [3.63, 3.8) is 0 Å². The van der Waals surface area contributed by atoms with Gasteiger partial charge in [-0.3, -0.25) is 4.79 Å². The lowest BCUT2D eigenvalue weighted by Crippen LogP contribution is -2.36. The van der Waals surface area contributed by atoms with Crippen molar-refractivity contribution < 1.29 is 9.53 Å². The van der Waals surface area contributed by atoms with Crippen molar-refractivity contribution in [3.8, 4) is 5.75 Å². The average Bonchev–Trinajstić information content (AvgIpc) is 2.94. The highest BCUT2D eigenvalue weighted by atomic mass is 35.5. The molecule has 1 heterocycles. The number of halogens is 1. The number of carbonyl (C=O) groups is 1. The maximum Gasteiger partial charge on any atom is 0.223 e. The number of benzene rings is 2. The van der Waals surface area contributed by atoms with Crippen LogP contribution in [0.15, 0.2) is 53.7 Å². The molecule has 124 valence electrons. The molecule has 0 aromatic heterocycles. The van der Waals surface area contributed by atoms with Gasteiger partial charge in [-0.2, -0.15) is 0 Å². The molecule has 3 rings (SSSR count). The number of likely N-dealkylation sites (tertiary alicyclic amines) is 1. The second-order valence-corrected chi connectivity index (χ2v) is 6.18. The lowest BCUT2D eigenvalue weighted by molar-refractivity contribution is -0.129. The van der Waals surface area contributed by atoms with E-state index in [-0.39, 0.29) is 11.9 Å². The largest absolute Gasteiger partial charge is 0.491 e.